The van der Waals surface area contributed by atoms with Gasteiger partial charge in [-0.25, -0.2) is 0 Å². The fourth-order valence-corrected chi connectivity index (χ4v) is 2.93. The molecule has 1 N–H and O–H groups in total. The zero-order valence-electron chi connectivity index (χ0n) is 12.6. The molecular formula is C16H26N2O. The molecule has 0 radical (unpaired) electrons. The largest absolute Gasteiger partial charge is 0.389 e. The minimum atomic E-state index is -0.633. The predicted molar refractivity (Wildman–Crippen MR) is 78.1 cm³/mol. The number of hydrogen-bond acceptors (Lipinski definition) is 3. The van der Waals surface area contributed by atoms with Crippen LogP contribution in [0.15, 0.2) is 18.2 Å². The van der Waals surface area contributed by atoms with Crippen LogP contribution in [0.5, 0.6) is 0 Å². The van der Waals surface area contributed by atoms with Gasteiger partial charge in [0.15, 0.2) is 0 Å². The first-order valence-corrected chi connectivity index (χ1v) is 7.30. The molecule has 2 rings (SSSR count). The number of aromatic nitrogens is 1. The first-order valence-electron chi connectivity index (χ1n) is 7.30. The molecule has 0 bridgehead atoms. The highest BCUT2D eigenvalue weighted by Gasteiger charge is 2.35. The Labute approximate surface area is 116 Å². The number of hydrogen-bond donors (Lipinski definition) is 1. The van der Waals surface area contributed by atoms with E-state index in [2.05, 4.69) is 36.9 Å². The third kappa shape index (κ3) is 3.54. The van der Waals surface area contributed by atoms with Crippen LogP contribution in [-0.2, 0) is 6.54 Å². The van der Waals surface area contributed by atoms with Crippen LogP contribution >= 0.6 is 0 Å². The van der Waals surface area contributed by atoms with Gasteiger partial charge in [0.1, 0.15) is 0 Å². The Kier molecular flexibility index (Phi) is 4.26. The molecule has 1 unspecified atom stereocenters. The molecule has 1 aliphatic heterocycles. The Morgan fingerprint density at radius 3 is 2.79 bits per heavy atom. The lowest BCUT2D eigenvalue weighted by atomic mass is 9.96. The van der Waals surface area contributed by atoms with Crippen LogP contribution in [0, 0.1) is 0 Å². The van der Waals surface area contributed by atoms with Crippen molar-refractivity contribution in [1.82, 2.24) is 9.88 Å². The molecule has 3 heteroatoms. The molecule has 19 heavy (non-hydrogen) atoms. The maximum absolute atomic E-state index is 10.2. The molecule has 1 saturated heterocycles. The molecule has 1 aromatic rings. The van der Waals surface area contributed by atoms with Crippen molar-refractivity contribution in [2.24, 2.45) is 0 Å². The molecule has 1 fully saturated rings. The second kappa shape index (κ2) is 5.59. The summed E-state index contributed by atoms with van der Waals surface area (Å²) in [5, 5.41) is 10.2. The highest BCUT2D eigenvalue weighted by molar-refractivity contribution is 5.14. The monoisotopic (exact) mass is 262 g/mol. The van der Waals surface area contributed by atoms with Crippen molar-refractivity contribution in [2.45, 2.75) is 64.6 Å². The summed E-state index contributed by atoms with van der Waals surface area (Å²) >= 11 is 0. The first kappa shape index (κ1) is 14.5. The van der Waals surface area contributed by atoms with Crippen LogP contribution in [0.3, 0.4) is 0 Å². The summed E-state index contributed by atoms with van der Waals surface area (Å²) in [5.41, 5.74) is 1.63. The lowest BCUT2D eigenvalue weighted by Crippen LogP contribution is -2.45. The number of pyridine rings is 1. The maximum Gasteiger partial charge on any atom is 0.0746 e. The van der Waals surface area contributed by atoms with E-state index >= 15 is 0 Å². The number of aliphatic hydroxyl groups is 1. The van der Waals surface area contributed by atoms with Crippen LogP contribution in [0.1, 0.15) is 57.8 Å². The van der Waals surface area contributed by atoms with E-state index in [0.29, 0.717) is 5.92 Å². The number of nitrogens with zero attached hydrogens (tertiary/aromatic N) is 2. The lowest BCUT2D eigenvalue weighted by molar-refractivity contribution is -0.00537. The fourth-order valence-electron chi connectivity index (χ4n) is 2.93. The van der Waals surface area contributed by atoms with Gasteiger partial charge in [-0.1, -0.05) is 19.9 Å². The van der Waals surface area contributed by atoms with Gasteiger partial charge >= 0.3 is 0 Å². The topological polar surface area (TPSA) is 36.4 Å². The molecule has 2 heterocycles. The molecule has 0 spiro atoms. The van der Waals surface area contributed by atoms with Crippen LogP contribution in [0.4, 0.5) is 0 Å². The van der Waals surface area contributed by atoms with E-state index in [4.69, 9.17) is 4.98 Å². The average molecular weight is 262 g/mol. The van der Waals surface area contributed by atoms with E-state index in [0.717, 1.165) is 30.9 Å². The van der Waals surface area contributed by atoms with Crippen LogP contribution in [-0.4, -0.2) is 33.2 Å². The Morgan fingerprint density at radius 1 is 1.42 bits per heavy atom. The standard InChI is InChI=1S/C16H26N2O/c1-12(2)14-8-5-7-13(17-14)11-18-10-6-9-15(18)16(3,4)19/h5,7-8,12,15,19H,6,9-11H2,1-4H3. The third-order valence-corrected chi connectivity index (χ3v) is 3.96. The van der Waals surface area contributed by atoms with E-state index in [1.54, 1.807) is 0 Å². The van der Waals surface area contributed by atoms with Crippen LogP contribution in [0.2, 0.25) is 0 Å². The van der Waals surface area contributed by atoms with Crippen molar-refractivity contribution in [1.29, 1.82) is 0 Å². The van der Waals surface area contributed by atoms with Gasteiger partial charge in [0.05, 0.1) is 11.3 Å². The summed E-state index contributed by atoms with van der Waals surface area (Å²) in [6.45, 7) is 10.1. The highest BCUT2D eigenvalue weighted by atomic mass is 16.3. The first-order chi connectivity index (χ1) is 8.88. The zero-order valence-corrected chi connectivity index (χ0v) is 12.6. The molecule has 0 aliphatic carbocycles. The van der Waals surface area contributed by atoms with Gasteiger partial charge in [-0.3, -0.25) is 9.88 Å². The third-order valence-electron chi connectivity index (χ3n) is 3.96. The second-order valence-corrected chi connectivity index (χ2v) is 6.49. The SMILES string of the molecule is CC(C)c1cccc(CN2CCCC2C(C)(C)O)n1. The van der Waals surface area contributed by atoms with E-state index < -0.39 is 5.60 Å². The van der Waals surface area contributed by atoms with Gasteiger partial charge in [-0.2, -0.15) is 0 Å². The highest BCUT2D eigenvalue weighted by Crippen LogP contribution is 2.28. The molecule has 1 atom stereocenters. The summed E-state index contributed by atoms with van der Waals surface area (Å²) in [7, 11) is 0. The van der Waals surface area contributed by atoms with Gasteiger partial charge in [0, 0.05) is 18.3 Å². The summed E-state index contributed by atoms with van der Waals surface area (Å²) in [6.07, 6.45) is 2.24. The van der Waals surface area contributed by atoms with Crippen LogP contribution in [0.25, 0.3) is 0 Å². The molecule has 0 amide bonds. The Balaban J connectivity index is 2.10. The summed E-state index contributed by atoms with van der Waals surface area (Å²) < 4.78 is 0. The Hall–Kier alpha value is -0.930. The van der Waals surface area contributed by atoms with E-state index in [9.17, 15) is 5.11 Å². The number of rotatable bonds is 4. The minimum absolute atomic E-state index is 0.247. The van der Waals surface area contributed by atoms with Gasteiger partial charge < -0.3 is 5.11 Å². The minimum Gasteiger partial charge on any atom is -0.389 e. The van der Waals surface area contributed by atoms with E-state index in [1.165, 1.54) is 6.42 Å². The Bertz CT molecular complexity index is 423. The molecule has 0 aromatic carbocycles. The lowest BCUT2D eigenvalue weighted by Gasteiger charge is -2.33. The molecule has 1 aromatic heterocycles. The van der Waals surface area contributed by atoms with Crippen LogP contribution < -0.4 is 0 Å². The van der Waals surface area contributed by atoms with Crippen molar-refractivity contribution in [3.05, 3.63) is 29.6 Å². The summed E-state index contributed by atoms with van der Waals surface area (Å²) in [5.74, 6) is 0.462. The maximum atomic E-state index is 10.2. The Morgan fingerprint density at radius 2 is 2.16 bits per heavy atom. The van der Waals surface area contributed by atoms with Gasteiger partial charge in [-0.15, -0.1) is 0 Å². The van der Waals surface area contributed by atoms with Crippen molar-refractivity contribution in [2.75, 3.05) is 6.54 Å². The van der Waals surface area contributed by atoms with Crippen molar-refractivity contribution < 1.29 is 5.11 Å². The van der Waals surface area contributed by atoms with E-state index in [-0.39, 0.29) is 6.04 Å². The van der Waals surface area contributed by atoms with Gasteiger partial charge in [0.25, 0.3) is 0 Å². The van der Waals surface area contributed by atoms with Crippen molar-refractivity contribution in [3.63, 3.8) is 0 Å². The molecule has 1 aliphatic rings. The van der Waals surface area contributed by atoms with E-state index in [1.807, 2.05) is 13.8 Å². The fraction of sp³-hybridized carbons (Fsp3) is 0.688. The molecule has 106 valence electrons. The van der Waals surface area contributed by atoms with Gasteiger partial charge in [-0.05, 0) is 51.3 Å². The zero-order chi connectivity index (χ0) is 14.0. The summed E-state index contributed by atoms with van der Waals surface area (Å²) in [4.78, 5) is 7.10. The summed E-state index contributed by atoms with van der Waals surface area (Å²) in [6, 6.07) is 6.52. The van der Waals surface area contributed by atoms with Gasteiger partial charge in [0.2, 0.25) is 0 Å². The molecular weight excluding hydrogens is 236 g/mol. The second-order valence-electron chi connectivity index (χ2n) is 6.49. The van der Waals surface area contributed by atoms with Crippen molar-refractivity contribution >= 4 is 0 Å². The quantitative estimate of drug-likeness (QED) is 0.906. The molecule has 3 nitrogen and oxygen atoms in total. The average Bonchev–Trinajstić information content (AvgIpc) is 2.77. The number of likely N-dealkylation sites (tertiary alicyclic amines) is 1. The predicted octanol–water partition coefficient (Wildman–Crippen LogP) is 2.94. The smallest absolute Gasteiger partial charge is 0.0746 e. The van der Waals surface area contributed by atoms with Crippen molar-refractivity contribution in [3.8, 4) is 0 Å². The normalized spacial score (nSPS) is 21.3. The molecule has 0 saturated carbocycles.